The molecule has 0 unspecified atom stereocenters. The molecule has 1 saturated heterocycles. The molecule has 174 valence electrons. The topological polar surface area (TPSA) is 115 Å². The van der Waals surface area contributed by atoms with Crippen LogP contribution in [0.3, 0.4) is 0 Å². The molecule has 0 spiro atoms. The molecule has 0 aromatic carbocycles. The van der Waals surface area contributed by atoms with Crippen molar-refractivity contribution in [3.05, 3.63) is 45.1 Å². The van der Waals surface area contributed by atoms with E-state index in [1.54, 1.807) is 17.5 Å². The molecule has 2 aromatic heterocycles. The first-order valence-electron chi connectivity index (χ1n) is 11.9. The molecular formula is C25H33N7S. The van der Waals surface area contributed by atoms with Crippen LogP contribution in [0.25, 0.3) is 0 Å². The Bertz CT molecular complexity index is 1090. The second-order valence-electron chi connectivity index (χ2n) is 8.85. The lowest BCUT2D eigenvalue weighted by atomic mass is 9.78. The molecule has 0 saturated carbocycles. The van der Waals surface area contributed by atoms with Gasteiger partial charge >= 0.3 is 0 Å². The van der Waals surface area contributed by atoms with Gasteiger partial charge in [0.15, 0.2) is 0 Å². The van der Waals surface area contributed by atoms with Gasteiger partial charge in [-0.2, -0.15) is 5.26 Å². The van der Waals surface area contributed by atoms with Gasteiger partial charge in [-0.05, 0) is 62.8 Å². The first-order valence-corrected chi connectivity index (χ1v) is 12.8. The molecule has 2 aliphatic rings. The van der Waals surface area contributed by atoms with E-state index < -0.39 is 0 Å². The van der Waals surface area contributed by atoms with Gasteiger partial charge in [0.2, 0.25) is 5.95 Å². The average molecular weight is 464 g/mol. The van der Waals surface area contributed by atoms with E-state index in [-0.39, 0.29) is 5.92 Å². The van der Waals surface area contributed by atoms with Crippen molar-refractivity contribution >= 4 is 28.0 Å². The van der Waals surface area contributed by atoms with Gasteiger partial charge in [-0.1, -0.05) is 18.9 Å². The number of nitrogens with one attached hydrogen (secondary N) is 2. The maximum Gasteiger partial charge on any atom is 0.225 e. The van der Waals surface area contributed by atoms with E-state index in [9.17, 15) is 5.26 Å². The lowest BCUT2D eigenvalue weighted by Crippen LogP contribution is -2.29. The van der Waals surface area contributed by atoms with Crippen LogP contribution in [0.5, 0.6) is 0 Å². The first kappa shape index (κ1) is 23.4. The third kappa shape index (κ3) is 4.80. The highest BCUT2D eigenvalue weighted by molar-refractivity contribution is 7.16. The summed E-state index contributed by atoms with van der Waals surface area (Å²) in [6.45, 7) is 8.00. The van der Waals surface area contributed by atoms with Crippen LogP contribution in [-0.2, 0) is 6.42 Å². The Labute approximate surface area is 200 Å². The summed E-state index contributed by atoms with van der Waals surface area (Å²) in [6.07, 6.45) is 7.63. The summed E-state index contributed by atoms with van der Waals surface area (Å²) in [6, 6.07) is 4.19. The van der Waals surface area contributed by atoms with Crippen molar-refractivity contribution < 1.29 is 0 Å². The molecule has 3 heterocycles. The Morgan fingerprint density at radius 3 is 3.00 bits per heavy atom. The summed E-state index contributed by atoms with van der Waals surface area (Å²) in [5.74, 6) is 0.837. The standard InChI is InChI=1S/C25H33N7S/c1-3-6-18(16(2)17-7-4-8-21-22(17)19(15-26)24(28)33-21)23(27)20-9-11-30-25(31-20)32-13-5-10-29-12-14-32/h9,11,17,27,29H,3-8,10,12-14,28H2,1-2H3/b18-16+,27-23?/t17-/m1/s1. The minimum Gasteiger partial charge on any atom is -0.389 e. The monoisotopic (exact) mass is 463 g/mol. The average Bonchev–Trinajstić information content (AvgIpc) is 2.99. The van der Waals surface area contributed by atoms with Gasteiger partial charge in [-0.15, -0.1) is 11.3 Å². The third-order valence-corrected chi connectivity index (χ3v) is 7.82. The molecule has 1 aliphatic carbocycles. The Morgan fingerprint density at radius 2 is 2.21 bits per heavy atom. The van der Waals surface area contributed by atoms with E-state index in [0.29, 0.717) is 27.9 Å². The molecule has 1 fully saturated rings. The molecule has 1 atom stereocenters. The Hall–Kier alpha value is -2.76. The predicted octanol–water partition coefficient (Wildman–Crippen LogP) is 4.40. The van der Waals surface area contributed by atoms with Crippen molar-refractivity contribution in [2.24, 2.45) is 0 Å². The lowest BCUT2D eigenvalue weighted by molar-refractivity contribution is 0.610. The van der Waals surface area contributed by atoms with Crippen LogP contribution < -0.4 is 16.0 Å². The van der Waals surface area contributed by atoms with Crippen LogP contribution in [0.1, 0.15) is 73.6 Å². The number of nitrogens with two attached hydrogens (primary N) is 1. The molecule has 1 aliphatic heterocycles. The zero-order valence-corrected chi connectivity index (χ0v) is 20.4. The maximum atomic E-state index is 9.76. The second kappa shape index (κ2) is 10.4. The largest absolute Gasteiger partial charge is 0.389 e. The van der Waals surface area contributed by atoms with Crippen LogP contribution >= 0.6 is 11.3 Å². The summed E-state index contributed by atoms with van der Waals surface area (Å²) in [4.78, 5) is 12.8. The molecular weight excluding hydrogens is 430 g/mol. The van der Waals surface area contributed by atoms with E-state index in [2.05, 4.69) is 35.1 Å². The Kier molecular flexibility index (Phi) is 7.41. The van der Waals surface area contributed by atoms with Crippen molar-refractivity contribution in [3.8, 4) is 6.07 Å². The normalized spacial score (nSPS) is 19.3. The van der Waals surface area contributed by atoms with Gasteiger partial charge in [-0.3, -0.25) is 5.41 Å². The molecule has 0 bridgehead atoms. The molecule has 2 aromatic rings. The summed E-state index contributed by atoms with van der Waals surface area (Å²) in [5, 5.41) is 22.9. The van der Waals surface area contributed by atoms with Crippen molar-refractivity contribution in [2.45, 2.75) is 58.3 Å². The van der Waals surface area contributed by atoms with Crippen LogP contribution in [0.15, 0.2) is 23.4 Å². The summed E-state index contributed by atoms with van der Waals surface area (Å²) < 4.78 is 0. The number of fused-ring (bicyclic) bond motifs is 1. The lowest BCUT2D eigenvalue weighted by Gasteiger charge is -2.27. The number of rotatable bonds is 6. The van der Waals surface area contributed by atoms with E-state index >= 15 is 0 Å². The van der Waals surface area contributed by atoms with Gasteiger partial charge in [0, 0.05) is 36.6 Å². The van der Waals surface area contributed by atoms with Crippen molar-refractivity contribution in [3.63, 3.8) is 0 Å². The van der Waals surface area contributed by atoms with E-state index in [1.165, 1.54) is 10.5 Å². The van der Waals surface area contributed by atoms with Gasteiger partial charge < -0.3 is 16.0 Å². The Morgan fingerprint density at radius 1 is 1.36 bits per heavy atom. The SMILES string of the molecule is CCC/C(C(=N)c1ccnc(N2CCCNCC2)n1)=C(/C)[C@H]1CCCc2sc(N)c(C#N)c21. The molecule has 7 nitrogen and oxygen atoms in total. The fraction of sp³-hybridized carbons (Fsp3) is 0.520. The number of aromatic nitrogens is 2. The highest BCUT2D eigenvalue weighted by atomic mass is 32.1. The van der Waals surface area contributed by atoms with Crippen LogP contribution in [0.2, 0.25) is 0 Å². The Balaban J connectivity index is 1.70. The fourth-order valence-corrected chi connectivity index (χ4v) is 6.17. The fourth-order valence-electron chi connectivity index (χ4n) is 5.04. The highest BCUT2D eigenvalue weighted by Crippen LogP contribution is 2.46. The molecule has 4 N–H and O–H groups in total. The number of aryl methyl sites for hydroxylation is 1. The third-order valence-electron chi connectivity index (χ3n) is 6.73. The van der Waals surface area contributed by atoms with Gasteiger partial charge in [0.1, 0.15) is 11.1 Å². The molecule has 4 rings (SSSR count). The number of nitrogen functional groups attached to an aromatic ring is 1. The number of thiophene rings is 1. The smallest absolute Gasteiger partial charge is 0.225 e. The number of anilines is 2. The summed E-state index contributed by atoms with van der Waals surface area (Å²) >= 11 is 1.56. The number of hydrogen-bond donors (Lipinski definition) is 3. The molecule has 0 radical (unpaired) electrons. The molecule has 0 amide bonds. The van der Waals surface area contributed by atoms with Crippen molar-refractivity contribution in [2.75, 3.05) is 36.8 Å². The first-order chi connectivity index (χ1) is 16.0. The number of allylic oxidation sites excluding steroid dienone is 2. The van der Waals surface area contributed by atoms with Gasteiger partial charge in [0.25, 0.3) is 0 Å². The number of hydrogen-bond acceptors (Lipinski definition) is 8. The van der Waals surface area contributed by atoms with Gasteiger partial charge in [-0.25, -0.2) is 9.97 Å². The van der Waals surface area contributed by atoms with Gasteiger partial charge in [0.05, 0.1) is 17.0 Å². The zero-order valence-electron chi connectivity index (χ0n) is 19.6. The number of nitrogens with zero attached hydrogens (tertiary/aromatic N) is 4. The second-order valence-corrected chi connectivity index (χ2v) is 9.99. The highest BCUT2D eigenvalue weighted by Gasteiger charge is 2.30. The van der Waals surface area contributed by atoms with E-state index in [1.807, 2.05) is 6.07 Å². The van der Waals surface area contributed by atoms with Crippen molar-refractivity contribution in [1.82, 2.24) is 15.3 Å². The summed E-state index contributed by atoms with van der Waals surface area (Å²) in [5.41, 5.74) is 11.3. The molecule has 8 heteroatoms. The maximum absolute atomic E-state index is 9.76. The number of nitriles is 1. The minimum atomic E-state index is 0.136. The predicted molar refractivity (Wildman–Crippen MR) is 135 cm³/mol. The zero-order chi connectivity index (χ0) is 23.4. The van der Waals surface area contributed by atoms with Crippen LogP contribution in [-0.4, -0.2) is 41.9 Å². The van der Waals surface area contributed by atoms with E-state index in [0.717, 1.165) is 75.8 Å². The van der Waals surface area contributed by atoms with Crippen molar-refractivity contribution in [1.29, 1.82) is 10.7 Å². The quantitative estimate of drug-likeness (QED) is 0.547. The van der Waals surface area contributed by atoms with E-state index in [4.69, 9.17) is 16.1 Å². The van der Waals surface area contributed by atoms with Crippen LogP contribution in [0.4, 0.5) is 10.9 Å². The minimum absolute atomic E-state index is 0.136. The summed E-state index contributed by atoms with van der Waals surface area (Å²) in [7, 11) is 0. The molecule has 33 heavy (non-hydrogen) atoms. The van der Waals surface area contributed by atoms with Crippen LogP contribution in [0, 0.1) is 16.7 Å².